The van der Waals surface area contributed by atoms with Gasteiger partial charge in [-0.05, 0) is 26.3 Å². The number of likely N-dealkylation sites (N-methyl/N-ethyl adjacent to an activating group) is 1. The van der Waals surface area contributed by atoms with Crippen LogP contribution in [0.4, 0.5) is 5.95 Å². The average molecular weight is 384 g/mol. The number of carbonyl (C=O) groups is 2. The number of ether oxygens (including phenoxy) is 1. The Labute approximate surface area is 153 Å². The Balaban J connectivity index is 1.80. The average Bonchev–Trinajstić information content (AvgIpc) is 2.96. The highest BCUT2D eigenvalue weighted by Gasteiger charge is 2.36. The van der Waals surface area contributed by atoms with Crippen molar-refractivity contribution in [1.82, 2.24) is 14.9 Å². The van der Waals surface area contributed by atoms with Crippen LogP contribution in [0.3, 0.4) is 0 Å². The first kappa shape index (κ1) is 20.1. The minimum atomic E-state index is -3.09. The molecule has 1 amide bonds. The van der Waals surface area contributed by atoms with Crippen molar-refractivity contribution in [3.8, 4) is 0 Å². The zero-order valence-electron chi connectivity index (χ0n) is 14.9. The lowest BCUT2D eigenvalue weighted by Gasteiger charge is -2.29. The fourth-order valence-electron chi connectivity index (χ4n) is 2.82. The molecule has 1 aliphatic rings. The number of hydrogen-bond donors (Lipinski definition) is 1. The summed E-state index contributed by atoms with van der Waals surface area (Å²) in [6.07, 6.45) is 2.68. The highest BCUT2D eigenvalue weighted by molar-refractivity contribution is 7.91. The van der Waals surface area contributed by atoms with Gasteiger partial charge in [-0.15, -0.1) is 0 Å². The van der Waals surface area contributed by atoms with Crippen molar-refractivity contribution in [2.45, 2.75) is 38.8 Å². The van der Waals surface area contributed by atoms with Gasteiger partial charge >= 0.3 is 5.97 Å². The lowest BCUT2D eigenvalue weighted by atomic mass is 10.2. The van der Waals surface area contributed by atoms with E-state index in [0.717, 1.165) is 0 Å². The van der Waals surface area contributed by atoms with E-state index in [4.69, 9.17) is 4.74 Å². The van der Waals surface area contributed by atoms with Gasteiger partial charge in [0.25, 0.3) is 5.91 Å². The summed E-state index contributed by atoms with van der Waals surface area (Å²) in [4.78, 5) is 33.9. The molecule has 2 atom stereocenters. The third-order valence-corrected chi connectivity index (χ3v) is 5.86. The van der Waals surface area contributed by atoms with E-state index in [1.165, 1.54) is 11.8 Å². The normalized spacial score (nSPS) is 19.5. The van der Waals surface area contributed by atoms with Crippen LogP contribution in [0.25, 0.3) is 0 Å². The summed E-state index contributed by atoms with van der Waals surface area (Å²) in [5.74, 6) is -0.437. The maximum Gasteiger partial charge on any atom is 0.308 e. The molecule has 0 saturated carbocycles. The summed E-state index contributed by atoms with van der Waals surface area (Å²) in [6.45, 7) is 3.93. The maximum atomic E-state index is 12.5. The summed E-state index contributed by atoms with van der Waals surface area (Å²) in [7, 11) is -3.09. The number of carbonyl (C=O) groups excluding carboxylic acids is 2. The SMILES string of the molecule is CCN(C(=O)C(C)OC(=O)CCNc1ncccn1)C1CCS(=O)(=O)C1. The van der Waals surface area contributed by atoms with E-state index >= 15 is 0 Å². The van der Waals surface area contributed by atoms with E-state index in [1.54, 1.807) is 25.4 Å². The molecule has 10 heteroatoms. The van der Waals surface area contributed by atoms with Crippen LogP contribution in [0.2, 0.25) is 0 Å². The summed E-state index contributed by atoms with van der Waals surface area (Å²) < 4.78 is 28.4. The molecule has 1 N–H and O–H groups in total. The van der Waals surface area contributed by atoms with Gasteiger partial charge < -0.3 is 15.0 Å². The quantitative estimate of drug-likeness (QED) is 0.634. The van der Waals surface area contributed by atoms with Crippen LogP contribution in [0, 0.1) is 0 Å². The number of nitrogens with one attached hydrogen (secondary N) is 1. The van der Waals surface area contributed by atoms with Crippen molar-refractivity contribution in [3.63, 3.8) is 0 Å². The third-order valence-electron chi connectivity index (χ3n) is 4.11. The molecule has 2 heterocycles. The molecule has 0 aliphatic carbocycles. The fraction of sp³-hybridized carbons (Fsp3) is 0.625. The van der Waals surface area contributed by atoms with Crippen molar-refractivity contribution < 1.29 is 22.7 Å². The minimum absolute atomic E-state index is 0.0335. The van der Waals surface area contributed by atoms with Gasteiger partial charge in [0, 0.05) is 31.5 Å². The fourth-order valence-corrected chi connectivity index (χ4v) is 4.55. The van der Waals surface area contributed by atoms with Gasteiger partial charge in [-0.3, -0.25) is 9.59 Å². The number of rotatable bonds is 8. The zero-order valence-corrected chi connectivity index (χ0v) is 15.7. The Morgan fingerprint density at radius 2 is 2.08 bits per heavy atom. The number of hydrogen-bond acceptors (Lipinski definition) is 8. The van der Waals surface area contributed by atoms with Crippen LogP contribution in [0.15, 0.2) is 18.5 Å². The van der Waals surface area contributed by atoms with E-state index in [9.17, 15) is 18.0 Å². The maximum absolute atomic E-state index is 12.5. The van der Waals surface area contributed by atoms with E-state index in [-0.39, 0.29) is 36.4 Å². The Kier molecular flexibility index (Phi) is 6.90. The molecular weight excluding hydrogens is 360 g/mol. The molecule has 1 saturated heterocycles. The van der Waals surface area contributed by atoms with Gasteiger partial charge in [0.2, 0.25) is 5.95 Å². The van der Waals surface area contributed by atoms with Crippen molar-refractivity contribution >= 4 is 27.7 Å². The Bertz CT molecular complexity index is 725. The monoisotopic (exact) mass is 384 g/mol. The van der Waals surface area contributed by atoms with Gasteiger partial charge in [0.05, 0.1) is 17.9 Å². The number of nitrogens with zero attached hydrogens (tertiary/aromatic N) is 3. The van der Waals surface area contributed by atoms with Crippen LogP contribution in [0.5, 0.6) is 0 Å². The molecule has 1 aromatic heterocycles. The van der Waals surface area contributed by atoms with E-state index in [1.807, 2.05) is 0 Å². The van der Waals surface area contributed by atoms with Gasteiger partial charge in [0.15, 0.2) is 15.9 Å². The molecule has 1 aromatic rings. The molecule has 0 aromatic carbocycles. The molecule has 1 fully saturated rings. The summed E-state index contributed by atoms with van der Waals surface area (Å²) in [6, 6.07) is 1.33. The number of aromatic nitrogens is 2. The summed E-state index contributed by atoms with van der Waals surface area (Å²) >= 11 is 0. The zero-order chi connectivity index (χ0) is 19.2. The van der Waals surface area contributed by atoms with E-state index in [0.29, 0.717) is 18.9 Å². The highest BCUT2D eigenvalue weighted by Crippen LogP contribution is 2.19. The van der Waals surface area contributed by atoms with Crippen molar-refractivity contribution in [2.75, 3.05) is 29.9 Å². The Morgan fingerprint density at radius 3 is 2.65 bits per heavy atom. The van der Waals surface area contributed by atoms with Gasteiger partial charge in [-0.2, -0.15) is 0 Å². The van der Waals surface area contributed by atoms with Crippen LogP contribution < -0.4 is 5.32 Å². The topological polar surface area (TPSA) is 119 Å². The van der Waals surface area contributed by atoms with Crippen LogP contribution >= 0.6 is 0 Å². The third kappa shape index (κ3) is 5.65. The second-order valence-corrected chi connectivity index (χ2v) is 8.29. The standard InChI is InChI=1S/C16H24N4O5S/c1-3-20(13-6-10-26(23,24)11-13)15(22)12(2)25-14(21)5-9-19-16-17-7-4-8-18-16/h4,7-8,12-13H,3,5-6,9-11H2,1-2H3,(H,17,18,19). The molecule has 0 spiro atoms. The van der Waals surface area contributed by atoms with E-state index < -0.39 is 21.9 Å². The first-order valence-electron chi connectivity index (χ1n) is 8.53. The molecule has 2 rings (SSSR count). The first-order valence-corrected chi connectivity index (χ1v) is 10.4. The second kappa shape index (κ2) is 8.93. The van der Waals surface area contributed by atoms with Crippen LogP contribution in [0.1, 0.15) is 26.7 Å². The predicted octanol–water partition coefficient (Wildman–Crippen LogP) is 0.246. The van der Waals surface area contributed by atoms with Crippen molar-refractivity contribution in [1.29, 1.82) is 0 Å². The number of sulfone groups is 1. The minimum Gasteiger partial charge on any atom is -0.452 e. The molecule has 9 nitrogen and oxygen atoms in total. The largest absolute Gasteiger partial charge is 0.452 e. The first-order chi connectivity index (χ1) is 12.3. The number of amides is 1. The smallest absolute Gasteiger partial charge is 0.308 e. The summed E-state index contributed by atoms with van der Waals surface area (Å²) in [5.41, 5.74) is 0. The van der Waals surface area contributed by atoms with E-state index in [2.05, 4.69) is 15.3 Å². The lowest BCUT2D eigenvalue weighted by Crippen LogP contribution is -2.46. The van der Waals surface area contributed by atoms with Gasteiger partial charge in [-0.25, -0.2) is 18.4 Å². The molecule has 26 heavy (non-hydrogen) atoms. The van der Waals surface area contributed by atoms with Crippen LogP contribution in [-0.4, -0.2) is 71.9 Å². The second-order valence-electron chi connectivity index (χ2n) is 6.06. The molecular formula is C16H24N4O5S. The predicted molar refractivity (Wildman–Crippen MR) is 95.1 cm³/mol. The van der Waals surface area contributed by atoms with Crippen LogP contribution in [-0.2, 0) is 24.2 Å². The Hall–Kier alpha value is -2.23. The highest BCUT2D eigenvalue weighted by atomic mass is 32.2. The van der Waals surface area contributed by atoms with Gasteiger partial charge in [-0.1, -0.05) is 0 Å². The Morgan fingerprint density at radius 1 is 1.38 bits per heavy atom. The molecule has 144 valence electrons. The number of esters is 1. The number of anilines is 1. The molecule has 0 radical (unpaired) electrons. The summed E-state index contributed by atoms with van der Waals surface area (Å²) in [5, 5.41) is 2.88. The molecule has 1 aliphatic heterocycles. The van der Waals surface area contributed by atoms with Gasteiger partial charge in [0.1, 0.15) is 0 Å². The van der Waals surface area contributed by atoms with Crippen molar-refractivity contribution in [2.24, 2.45) is 0 Å². The molecule has 0 bridgehead atoms. The van der Waals surface area contributed by atoms with Crippen molar-refractivity contribution in [3.05, 3.63) is 18.5 Å². The lowest BCUT2D eigenvalue weighted by molar-refractivity contribution is -0.159. The molecule has 2 unspecified atom stereocenters.